The van der Waals surface area contributed by atoms with E-state index in [0.29, 0.717) is 29.6 Å². The normalized spacial score (nSPS) is 23.8. The second-order valence-corrected chi connectivity index (χ2v) is 5.77. The molecule has 1 spiro atoms. The minimum absolute atomic E-state index is 0.147. The van der Waals surface area contributed by atoms with Gasteiger partial charge in [0.2, 0.25) is 0 Å². The molecule has 3 rings (SSSR count). The molecule has 1 aliphatic heterocycles. The second-order valence-electron chi connectivity index (χ2n) is 5.77. The highest BCUT2D eigenvalue weighted by molar-refractivity contribution is 5.33. The SMILES string of the molecule is COCc1nc(NCC2CC23CCOCC3)cc(=O)[nH]1. The molecule has 0 aromatic carbocycles. The van der Waals surface area contributed by atoms with Gasteiger partial charge in [0.05, 0.1) is 0 Å². The Morgan fingerprint density at radius 3 is 3.10 bits per heavy atom. The molecule has 1 aliphatic carbocycles. The van der Waals surface area contributed by atoms with Crippen LogP contribution >= 0.6 is 0 Å². The molecule has 2 heterocycles. The Bertz CT molecular complexity index is 523. The van der Waals surface area contributed by atoms with Gasteiger partial charge in [0.25, 0.3) is 5.56 Å². The fraction of sp³-hybridized carbons (Fsp3) is 0.714. The van der Waals surface area contributed by atoms with Crippen LogP contribution in [0, 0.1) is 11.3 Å². The van der Waals surface area contributed by atoms with E-state index in [9.17, 15) is 4.79 Å². The van der Waals surface area contributed by atoms with Crippen LogP contribution in [0.25, 0.3) is 0 Å². The molecule has 0 radical (unpaired) electrons. The van der Waals surface area contributed by atoms with Gasteiger partial charge in [-0.2, -0.15) is 0 Å². The summed E-state index contributed by atoms with van der Waals surface area (Å²) < 4.78 is 10.4. The molecule has 1 aromatic heterocycles. The lowest BCUT2D eigenvalue weighted by Gasteiger charge is -2.23. The molecule has 1 saturated heterocycles. The van der Waals surface area contributed by atoms with E-state index in [0.717, 1.165) is 32.6 Å². The van der Waals surface area contributed by atoms with Gasteiger partial charge in [-0.05, 0) is 30.6 Å². The van der Waals surface area contributed by atoms with Crippen LogP contribution in [0.4, 0.5) is 5.82 Å². The number of ether oxygens (including phenoxy) is 2. The van der Waals surface area contributed by atoms with Gasteiger partial charge in [0, 0.05) is 32.9 Å². The van der Waals surface area contributed by atoms with Crippen molar-refractivity contribution in [3.8, 4) is 0 Å². The molecule has 1 saturated carbocycles. The van der Waals surface area contributed by atoms with Crippen molar-refractivity contribution in [2.45, 2.75) is 25.9 Å². The number of aromatic nitrogens is 2. The molecular weight excluding hydrogens is 258 g/mol. The summed E-state index contributed by atoms with van der Waals surface area (Å²) in [5.74, 6) is 1.87. The van der Waals surface area contributed by atoms with Crippen molar-refractivity contribution in [1.82, 2.24) is 9.97 Å². The average molecular weight is 279 g/mol. The van der Waals surface area contributed by atoms with Crippen LogP contribution in [-0.2, 0) is 16.1 Å². The largest absolute Gasteiger partial charge is 0.381 e. The first-order valence-corrected chi connectivity index (χ1v) is 7.13. The number of H-pyrrole nitrogens is 1. The number of nitrogens with zero attached hydrogens (tertiary/aromatic N) is 1. The van der Waals surface area contributed by atoms with Gasteiger partial charge in [-0.25, -0.2) is 4.98 Å². The fourth-order valence-corrected chi connectivity index (χ4v) is 3.14. The van der Waals surface area contributed by atoms with Gasteiger partial charge in [-0.3, -0.25) is 4.79 Å². The minimum atomic E-state index is -0.147. The third kappa shape index (κ3) is 2.86. The number of methoxy groups -OCH3 is 1. The van der Waals surface area contributed by atoms with E-state index in [-0.39, 0.29) is 5.56 Å². The maximum Gasteiger partial charge on any atom is 0.253 e. The van der Waals surface area contributed by atoms with Crippen LogP contribution in [0.1, 0.15) is 25.1 Å². The molecule has 0 amide bonds. The molecule has 1 unspecified atom stereocenters. The van der Waals surface area contributed by atoms with Crippen molar-refractivity contribution in [3.05, 3.63) is 22.2 Å². The maximum atomic E-state index is 11.5. The first-order chi connectivity index (χ1) is 9.72. The first-order valence-electron chi connectivity index (χ1n) is 7.13. The third-order valence-corrected chi connectivity index (χ3v) is 4.45. The number of hydrogen-bond donors (Lipinski definition) is 2. The molecule has 1 aromatic rings. The van der Waals surface area contributed by atoms with Gasteiger partial charge in [-0.15, -0.1) is 0 Å². The molecule has 2 N–H and O–H groups in total. The Labute approximate surface area is 117 Å². The van der Waals surface area contributed by atoms with Gasteiger partial charge in [0.1, 0.15) is 18.2 Å². The lowest BCUT2D eigenvalue weighted by Crippen LogP contribution is -2.21. The van der Waals surface area contributed by atoms with Gasteiger partial charge in [0.15, 0.2) is 0 Å². The summed E-state index contributed by atoms with van der Waals surface area (Å²) in [6.07, 6.45) is 3.59. The summed E-state index contributed by atoms with van der Waals surface area (Å²) >= 11 is 0. The van der Waals surface area contributed by atoms with Crippen molar-refractivity contribution in [2.24, 2.45) is 11.3 Å². The van der Waals surface area contributed by atoms with Crippen LogP contribution in [0.15, 0.2) is 10.9 Å². The lowest BCUT2D eigenvalue weighted by molar-refractivity contribution is 0.0527. The zero-order chi connectivity index (χ0) is 14.0. The number of rotatable bonds is 5. The van der Waals surface area contributed by atoms with Crippen molar-refractivity contribution in [3.63, 3.8) is 0 Å². The smallest absolute Gasteiger partial charge is 0.253 e. The van der Waals surface area contributed by atoms with E-state index in [4.69, 9.17) is 9.47 Å². The number of anilines is 1. The monoisotopic (exact) mass is 279 g/mol. The van der Waals surface area contributed by atoms with Crippen LogP contribution in [0.5, 0.6) is 0 Å². The van der Waals surface area contributed by atoms with Crippen molar-refractivity contribution >= 4 is 5.82 Å². The van der Waals surface area contributed by atoms with Gasteiger partial charge < -0.3 is 19.8 Å². The highest BCUT2D eigenvalue weighted by Crippen LogP contribution is 2.58. The molecular formula is C14H21N3O3. The van der Waals surface area contributed by atoms with Crippen molar-refractivity contribution < 1.29 is 9.47 Å². The number of hydrogen-bond acceptors (Lipinski definition) is 5. The Morgan fingerprint density at radius 1 is 1.55 bits per heavy atom. The summed E-state index contributed by atoms with van der Waals surface area (Å²) in [5.41, 5.74) is 0.341. The van der Waals surface area contributed by atoms with E-state index >= 15 is 0 Å². The molecule has 0 bridgehead atoms. The highest BCUT2D eigenvalue weighted by Gasteiger charge is 2.53. The predicted octanol–water partition coefficient (Wildman–Crippen LogP) is 1.14. The molecule has 2 aliphatic rings. The summed E-state index contributed by atoms with van der Waals surface area (Å²) in [7, 11) is 1.58. The fourth-order valence-electron chi connectivity index (χ4n) is 3.14. The van der Waals surface area contributed by atoms with Gasteiger partial charge >= 0.3 is 0 Å². The molecule has 20 heavy (non-hydrogen) atoms. The van der Waals surface area contributed by atoms with Crippen LogP contribution in [0.3, 0.4) is 0 Å². The standard InChI is InChI=1S/C14H21N3O3/c1-19-9-12-16-11(6-13(18)17-12)15-8-10-7-14(10)2-4-20-5-3-14/h6,10H,2-5,7-9H2,1H3,(H2,15,16,17,18). The topological polar surface area (TPSA) is 76.2 Å². The molecule has 6 nitrogen and oxygen atoms in total. The van der Waals surface area contributed by atoms with Crippen LogP contribution < -0.4 is 10.9 Å². The zero-order valence-corrected chi connectivity index (χ0v) is 11.8. The predicted molar refractivity (Wildman–Crippen MR) is 74.7 cm³/mol. The van der Waals surface area contributed by atoms with E-state index in [1.54, 1.807) is 7.11 Å². The van der Waals surface area contributed by atoms with Crippen LogP contribution in [-0.4, -0.2) is 36.8 Å². The number of aromatic amines is 1. The molecule has 1 atom stereocenters. The summed E-state index contributed by atoms with van der Waals surface area (Å²) in [6, 6.07) is 1.50. The van der Waals surface area contributed by atoms with E-state index in [1.807, 2.05) is 0 Å². The summed E-state index contributed by atoms with van der Waals surface area (Å²) in [5, 5.41) is 3.29. The molecule has 6 heteroatoms. The van der Waals surface area contributed by atoms with Crippen molar-refractivity contribution in [2.75, 3.05) is 32.2 Å². The van der Waals surface area contributed by atoms with Gasteiger partial charge in [-0.1, -0.05) is 0 Å². The molecule has 2 fully saturated rings. The highest BCUT2D eigenvalue weighted by atomic mass is 16.5. The summed E-state index contributed by atoms with van der Waals surface area (Å²) in [6.45, 7) is 2.97. The van der Waals surface area contributed by atoms with E-state index in [2.05, 4.69) is 15.3 Å². The van der Waals surface area contributed by atoms with E-state index in [1.165, 1.54) is 12.5 Å². The maximum absolute atomic E-state index is 11.5. The van der Waals surface area contributed by atoms with E-state index < -0.39 is 0 Å². The quantitative estimate of drug-likeness (QED) is 0.845. The zero-order valence-electron chi connectivity index (χ0n) is 11.8. The Kier molecular flexibility index (Phi) is 3.76. The van der Waals surface area contributed by atoms with Crippen molar-refractivity contribution in [1.29, 1.82) is 0 Å². The average Bonchev–Trinajstić information content (AvgIpc) is 3.09. The Hall–Kier alpha value is -1.40. The minimum Gasteiger partial charge on any atom is -0.381 e. The number of nitrogens with one attached hydrogen (secondary N) is 2. The Balaban J connectivity index is 1.58. The first kappa shape index (κ1) is 13.6. The second kappa shape index (κ2) is 5.54. The third-order valence-electron chi connectivity index (χ3n) is 4.45. The summed E-state index contributed by atoms with van der Waals surface area (Å²) in [4.78, 5) is 18.5. The Morgan fingerprint density at radius 2 is 2.35 bits per heavy atom. The molecule has 110 valence electrons. The lowest BCUT2D eigenvalue weighted by atomic mass is 9.94. The van der Waals surface area contributed by atoms with Crippen LogP contribution in [0.2, 0.25) is 0 Å².